The Labute approximate surface area is 250 Å². The standard InChI is InChI=1S/C32H36FN7O3/c33-25-7-3-5-22-6-4-8-27(28(22)25)37-16-10-24-26(20-37)35-30(43-21-32(11-12-32)39-14-1-2-15-39)36-29(24)38-17-18-40(31(41)42)23(19-38)9-13-34/h3-8,23H,1-2,9-12,14-21H2,(H,41,42). The highest BCUT2D eigenvalue weighted by Crippen LogP contribution is 2.44. The van der Waals surface area contributed by atoms with Crippen molar-refractivity contribution < 1.29 is 19.0 Å². The number of likely N-dealkylation sites (tertiary alicyclic amines) is 1. The molecule has 2 aromatic carbocycles. The van der Waals surface area contributed by atoms with Gasteiger partial charge in [0.05, 0.1) is 36.3 Å². The van der Waals surface area contributed by atoms with Crippen molar-refractivity contribution in [1.82, 2.24) is 19.8 Å². The minimum Gasteiger partial charge on any atom is -0.465 e. The van der Waals surface area contributed by atoms with E-state index in [0.29, 0.717) is 50.6 Å². The van der Waals surface area contributed by atoms with E-state index in [1.165, 1.54) is 23.8 Å². The van der Waals surface area contributed by atoms with E-state index in [0.717, 1.165) is 54.1 Å². The van der Waals surface area contributed by atoms with E-state index in [1.54, 1.807) is 6.07 Å². The minimum absolute atomic E-state index is 0.0629. The summed E-state index contributed by atoms with van der Waals surface area (Å²) < 4.78 is 21.4. The van der Waals surface area contributed by atoms with Crippen molar-refractivity contribution in [2.45, 2.75) is 56.7 Å². The Morgan fingerprint density at radius 1 is 1.07 bits per heavy atom. The van der Waals surface area contributed by atoms with Gasteiger partial charge in [0.1, 0.15) is 18.2 Å². The molecule has 3 aliphatic heterocycles. The number of halogens is 1. The quantitative estimate of drug-likeness (QED) is 0.431. The minimum atomic E-state index is -1.01. The topological polar surface area (TPSA) is 109 Å². The third-order valence-corrected chi connectivity index (χ3v) is 9.62. The average molecular weight is 586 g/mol. The van der Waals surface area contributed by atoms with Crippen molar-refractivity contribution in [3.63, 3.8) is 0 Å². The second-order valence-electron chi connectivity index (χ2n) is 12.2. The van der Waals surface area contributed by atoms with Crippen molar-refractivity contribution >= 4 is 28.4 Å². The molecule has 0 bridgehead atoms. The first-order valence-electron chi connectivity index (χ1n) is 15.3. The number of fused-ring (bicyclic) bond motifs is 2. The molecule has 3 aromatic rings. The molecule has 4 heterocycles. The Kier molecular flexibility index (Phi) is 7.17. The zero-order valence-corrected chi connectivity index (χ0v) is 24.2. The molecule has 1 aliphatic carbocycles. The van der Waals surface area contributed by atoms with Crippen LogP contribution in [0, 0.1) is 17.1 Å². The van der Waals surface area contributed by atoms with Gasteiger partial charge in [0.25, 0.3) is 0 Å². The van der Waals surface area contributed by atoms with Crippen LogP contribution in [0.1, 0.15) is 43.4 Å². The van der Waals surface area contributed by atoms with Crippen molar-refractivity contribution in [3.8, 4) is 12.1 Å². The van der Waals surface area contributed by atoms with Gasteiger partial charge in [-0.05, 0) is 62.7 Å². The molecule has 7 rings (SSSR count). The maximum Gasteiger partial charge on any atom is 0.407 e. The second kappa shape index (κ2) is 11.2. The molecule has 0 spiro atoms. The largest absolute Gasteiger partial charge is 0.465 e. The molecule has 1 unspecified atom stereocenters. The van der Waals surface area contributed by atoms with E-state index >= 15 is 4.39 Å². The normalized spacial score (nSPS) is 21.5. The number of nitrogens with zero attached hydrogens (tertiary/aromatic N) is 7. The molecule has 3 fully saturated rings. The third-order valence-electron chi connectivity index (χ3n) is 9.62. The smallest absolute Gasteiger partial charge is 0.407 e. The van der Waals surface area contributed by atoms with Crippen LogP contribution in [-0.2, 0) is 13.0 Å². The summed E-state index contributed by atoms with van der Waals surface area (Å²) in [7, 11) is 0. The predicted molar refractivity (Wildman–Crippen MR) is 160 cm³/mol. The van der Waals surface area contributed by atoms with Gasteiger partial charge >= 0.3 is 12.1 Å². The molecule has 43 heavy (non-hydrogen) atoms. The number of aromatic nitrogens is 2. The highest BCUT2D eigenvalue weighted by atomic mass is 19.1. The Bertz CT molecular complexity index is 1580. The fourth-order valence-electron chi connectivity index (χ4n) is 7.13. The van der Waals surface area contributed by atoms with Crippen molar-refractivity contribution in [1.29, 1.82) is 5.26 Å². The fraction of sp³-hybridized carbons (Fsp3) is 0.500. The summed E-state index contributed by atoms with van der Waals surface area (Å²) >= 11 is 0. The summed E-state index contributed by atoms with van der Waals surface area (Å²) in [6.45, 7) is 5.00. The van der Waals surface area contributed by atoms with Gasteiger partial charge in [-0.15, -0.1) is 0 Å². The number of nitriles is 1. The van der Waals surface area contributed by atoms with Gasteiger partial charge in [-0.25, -0.2) is 9.18 Å². The molecule has 1 saturated carbocycles. The molecule has 1 amide bonds. The average Bonchev–Trinajstić information content (AvgIpc) is 3.60. The van der Waals surface area contributed by atoms with Crippen LogP contribution >= 0.6 is 0 Å². The zero-order chi connectivity index (χ0) is 29.6. The molecule has 224 valence electrons. The second-order valence-corrected chi connectivity index (χ2v) is 12.2. The number of piperazine rings is 1. The van der Waals surface area contributed by atoms with E-state index in [9.17, 15) is 15.2 Å². The summed E-state index contributed by atoms with van der Waals surface area (Å²) in [6.07, 6.45) is 4.41. The van der Waals surface area contributed by atoms with E-state index in [1.807, 2.05) is 24.3 Å². The summed E-state index contributed by atoms with van der Waals surface area (Å²) in [5.74, 6) is 0.505. The lowest BCUT2D eigenvalue weighted by molar-refractivity contribution is 0.118. The Balaban J connectivity index is 1.22. The molecule has 1 N–H and O–H groups in total. The number of carbonyl (C=O) groups is 1. The SMILES string of the molecule is N#CCC1CN(c2nc(OCC3(N4CCCC4)CC3)nc3c2CCN(c2cccc4cccc(F)c24)C3)CCN1C(=O)O. The zero-order valence-electron chi connectivity index (χ0n) is 24.2. The summed E-state index contributed by atoms with van der Waals surface area (Å²) in [4.78, 5) is 29.9. The lowest BCUT2D eigenvalue weighted by Gasteiger charge is -2.41. The van der Waals surface area contributed by atoms with Gasteiger partial charge in [-0.3, -0.25) is 4.90 Å². The van der Waals surface area contributed by atoms with E-state index in [-0.39, 0.29) is 24.3 Å². The van der Waals surface area contributed by atoms with Crippen LogP contribution in [0.4, 0.5) is 20.7 Å². The van der Waals surface area contributed by atoms with Crippen LogP contribution in [0.3, 0.4) is 0 Å². The number of amides is 1. The van der Waals surface area contributed by atoms with Gasteiger partial charge in [0, 0.05) is 42.8 Å². The summed E-state index contributed by atoms with van der Waals surface area (Å²) in [5.41, 5.74) is 2.74. The van der Waals surface area contributed by atoms with Crippen molar-refractivity contribution in [3.05, 3.63) is 53.5 Å². The van der Waals surface area contributed by atoms with Crippen LogP contribution < -0.4 is 14.5 Å². The first-order valence-corrected chi connectivity index (χ1v) is 15.3. The molecule has 1 atom stereocenters. The summed E-state index contributed by atoms with van der Waals surface area (Å²) in [6, 6.07) is 13.0. The molecule has 0 radical (unpaired) electrons. The molecule has 4 aliphatic rings. The van der Waals surface area contributed by atoms with Gasteiger partial charge in [0.15, 0.2) is 0 Å². The van der Waals surface area contributed by atoms with Gasteiger partial charge < -0.3 is 24.5 Å². The van der Waals surface area contributed by atoms with Crippen LogP contribution in [0.25, 0.3) is 10.8 Å². The first-order chi connectivity index (χ1) is 21.0. The maximum absolute atomic E-state index is 15.1. The number of carboxylic acid groups (broad SMARTS) is 1. The van der Waals surface area contributed by atoms with Gasteiger partial charge in [-0.1, -0.05) is 24.3 Å². The van der Waals surface area contributed by atoms with Gasteiger partial charge in [-0.2, -0.15) is 15.2 Å². The fourth-order valence-corrected chi connectivity index (χ4v) is 7.13. The van der Waals surface area contributed by atoms with E-state index in [2.05, 4.69) is 20.8 Å². The highest BCUT2D eigenvalue weighted by Gasteiger charge is 2.49. The number of anilines is 2. The Morgan fingerprint density at radius 2 is 1.86 bits per heavy atom. The van der Waals surface area contributed by atoms with Crippen LogP contribution in [0.15, 0.2) is 36.4 Å². The maximum atomic E-state index is 15.1. The molecule has 1 aromatic heterocycles. The van der Waals surface area contributed by atoms with Crippen LogP contribution in [0.2, 0.25) is 0 Å². The van der Waals surface area contributed by atoms with Crippen molar-refractivity contribution in [2.75, 3.05) is 55.7 Å². The van der Waals surface area contributed by atoms with Crippen LogP contribution in [-0.4, -0.2) is 88.4 Å². The predicted octanol–water partition coefficient (Wildman–Crippen LogP) is 4.42. The molecule has 10 nitrogen and oxygen atoms in total. The molecular formula is C32H36FN7O3. The molecular weight excluding hydrogens is 549 g/mol. The highest BCUT2D eigenvalue weighted by molar-refractivity contribution is 5.95. The number of ether oxygens (including phenoxy) is 1. The van der Waals surface area contributed by atoms with E-state index < -0.39 is 12.1 Å². The number of hydrogen-bond acceptors (Lipinski definition) is 8. The summed E-state index contributed by atoms with van der Waals surface area (Å²) in [5, 5.41) is 20.6. The molecule has 11 heteroatoms. The molecule has 2 saturated heterocycles. The number of benzene rings is 2. The monoisotopic (exact) mass is 585 g/mol. The van der Waals surface area contributed by atoms with Crippen LogP contribution in [0.5, 0.6) is 6.01 Å². The lowest BCUT2D eigenvalue weighted by atomic mass is 10.0. The van der Waals surface area contributed by atoms with E-state index in [4.69, 9.17) is 14.7 Å². The lowest BCUT2D eigenvalue weighted by Crippen LogP contribution is -2.55. The first kappa shape index (κ1) is 27.7. The third kappa shape index (κ3) is 5.18. The Hall–Kier alpha value is -4.17. The Morgan fingerprint density at radius 3 is 2.60 bits per heavy atom. The number of rotatable bonds is 7. The van der Waals surface area contributed by atoms with Gasteiger partial charge in [0.2, 0.25) is 0 Å². The number of hydrogen-bond donors (Lipinski definition) is 1. The van der Waals surface area contributed by atoms with Crippen molar-refractivity contribution in [2.24, 2.45) is 0 Å².